The third-order valence-electron chi connectivity index (χ3n) is 5.34. The van der Waals surface area contributed by atoms with Crippen LogP contribution in [-0.4, -0.2) is 47.4 Å². The van der Waals surface area contributed by atoms with Gasteiger partial charge in [0.2, 0.25) is 0 Å². The molecule has 0 aliphatic carbocycles. The molecule has 2 aromatic heterocycles. The summed E-state index contributed by atoms with van der Waals surface area (Å²) in [5, 5.41) is 7.97. The van der Waals surface area contributed by atoms with Crippen LogP contribution in [0.4, 0.5) is 10.2 Å². The third-order valence-corrected chi connectivity index (χ3v) is 5.34. The van der Waals surface area contributed by atoms with Crippen LogP contribution in [0.2, 0.25) is 0 Å². The number of fused-ring (bicyclic) bond motifs is 2. The van der Waals surface area contributed by atoms with Gasteiger partial charge in [0.15, 0.2) is 5.65 Å². The Bertz CT molecular complexity index is 949. The zero-order chi connectivity index (χ0) is 18.2. The second kappa shape index (κ2) is 6.81. The molecule has 6 nitrogen and oxygen atoms in total. The maximum absolute atomic E-state index is 13.0. The molecule has 0 spiro atoms. The van der Waals surface area contributed by atoms with Crippen molar-refractivity contribution in [3.63, 3.8) is 0 Å². The van der Waals surface area contributed by atoms with Gasteiger partial charge in [-0.2, -0.15) is 9.61 Å². The highest BCUT2D eigenvalue weighted by atomic mass is 19.1. The fourth-order valence-electron chi connectivity index (χ4n) is 3.93. The number of rotatable bonds is 4. The van der Waals surface area contributed by atoms with E-state index in [2.05, 4.69) is 15.3 Å². The molecule has 2 aliphatic heterocycles. The second-order valence-corrected chi connectivity index (χ2v) is 7.25. The molecule has 0 bridgehead atoms. The largest absolute Gasteiger partial charge is 0.493 e. The van der Waals surface area contributed by atoms with Crippen molar-refractivity contribution in [3.8, 4) is 5.75 Å². The molecule has 0 unspecified atom stereocenters. The second-order valence-electron chi connectivity index (χ2n) is 7.25. The average molecular weight is 367 g/mol. The van der Waals surface area contributed by atoms with Crippen molar-refractivity contribution in [2.45, 2.75) is 12.8 Å². The quantitative estimate of drug-likeness (QED) is 0.765. The molecule has 0 atom stereocenters. The Balaban J connectivity index is 1.32. The molecule has 5 rings (SSSR count). The van der Waals surface area contributed by atoms with Gasteiger partial charge in [-0.15, -0.1) is 0 Å². The molecule has 0 saturated carbocycles. The standard InChI is InChI=1S/C20H22FN5O/c21-15-1-3-16(4-2-15)27-13-14-11-25(12-14)20-17-5-8-22-9-6-18(17)24-19-7-10-23-26(19)20/h1-4,7,10,14,22H,5-6,8-9,11-13H2. The Morgan fingerprint density at radius 2 is 1.93 bits per heavy atom. The number of ether oxygens (including phenoxy) is 1. The zero-order valence-corrected chi connectivity index (χ0v) is 15.1. The van der Waals surface area contributed by atoms with Gasteiger partial charge in [0.05, 0.1) is 18.5 Å². The summed E-state index contributed by atoms with van der Waals surface area (Å²) in [5.74, 6) is 2.11. The normalized spacial score (nSPS) is 17.4. The molecule has 7 heteroatoms. The maximum Gasteiger partial charge on any atom is 0.157 e. The highest BCUT2D eigenvalue weighted by molar-refractivity contribution is 5.58. The van der Waals surface area contributed by atoms with Crippen LogP contribution in [0, 0.1) is 11.7 Å². The van der Waals surface area contributed by atoms with Crippen molar-refractivity contribution < 1.29 is 9.13 Å². The average Bonchev–Trinajstić information content (AvgIpc) is 2.98. The first-order valence-corrected chi connectivity index (χ1v) is 9.47. The van der Waals surface area contributed by atoms with Gasteiger partial charge in [-0.1, -0.05) is 0 Å². The van der Waals surface area contributed by atoms with E-state index in [0.717, 1.165) is 44.7 Å². The maximum atomic E-state index is 13.0. The molecule has 0 radical (unpaired) electrons. The molecule has 140 valence electrons. The van der Waals surface area contributed by atoms with Crippen LogP contribution in [0.15, 0.2) is 36.5 Å². The first-order chi connectivity index (χ1) is 13.3. The molecule has 27 heavy (non-hydrogen) atoms. The number of nitrogens with one attached hydrogen (secondary N) is 1. The summed E-state index contributed by atoms with van der Waals surface area (Å²) in [6.07, 6.45) is 3.74. The monoisotopic (exact) mass is 367 g/mol. The van der Waals surface area contributed by atoms with E-state index in [-0.39, 0.29) is 5.82 Å². The van der Waals surface area contributed by atoms with Gasteiger partial charge in [0, 0.05) is 43.6 Å². The van der Waals surface area contributed by atoms with E-state index in [1.165, 1.54) is 29.2 Å². The van der Waals surface area contributed by atoms with Gasteiger partial charge < -0.3 is 15.0 Å². The minimum atomic E-state index is -0.242. The summed E-state index contributed by atoms with van der Waals surface area (Å²) in [7, 11) is 0. The zero-order valence-electron chi connectivity index (χ0n) is 15.1. The Hall–Kier alpha value is -2.67. The SMILES string of the molecule is Fc1ccc(OCC2CN(c3c4c(nc5ccnn35)CCNCC4)C2)cc1. The number of anilines is 1. The van der Waals surface area contributed by atoms with Crippen LogP contribution in [-0.2, 0) is 12.8 Å². The van der Waals surface area contributed by atoms with Gasteiger partial charge in [-0.25, -0.2) is 9.37 Å². The number of hydrogen-bond donors (Lipinski definition) is 1. The minimum absolute atomic E-state index is 0.242. The van der Waals surface area contributed by atoms with E-state index in [4.69, 9.17) is 9.72 Å². The first kappa shape index (κ1) is 16.5. The molecule has 1 saturated heterocycles. The fraction of sp³-hybridized carbons (Fsp3) is 0.400. The predicted octanol–water partition coefficient (Wildman–Crippen LogP) is 2.07. The van der Waals surface area contributed by atoms with Gasteiger partial charge in [-0.3, -0.25) is 0 Å². The van der Waals surface area contributed by atoms with Crippen LogP contribution in [0.1, 0.15) is 11.3 Å². The van der Waals surface area contributed by atoms with Crippen molar-refractivity contribution in [2.24, 2.45) is 5.92 Å². The van der Waals surface area contributed by atoms with Crippen molar-refractivity contribution in [1.29, 1.82) is 0 Å². The van der Waals surface area contributed by atoms with E-state index in [0.29, 0.717) is 18.3 Å². The highest BCUT2D eigenvalue weighted by Gasteiger charge is 2.32. The lowest BCUT2D eigenvalue weighted by Crippen LogP contribution is -2.50. The summed E-state index contributed by atoms with van der Waals surface area (Å²) >= 11 is 0. The van der Waals surface area contributed by atoms with Crippen molar-refractivity contribution in [1.82, 2.24) is 19.9 Å². The van der Waals surface area contributed by atoms with E-state index in [1.807, 2.05) is 16.8 Å². The number of halogens is 1. The van der Waals surface area contributed by atoms with E-state index in [9.17, 15) is 4.39 Å². The number of benzene rings is 1. The van der Waals surface area contributed by atoms with Gasteiger partial charge in [-0.05, 0) is 37.2 Å². The van der Waals surface area contributed by atoms with Crippen molar-refractivity contribution >= 4 is 11.5 Å². The van der Waals surface area contributed by atoms with E-state index >= 15 is 0 Å². The molecule has 1 N–H and O–H groups in total. The summed E-state index contributed by atoms with van der Waals surface area (Å²) < 4.78 is 20.8. The topological polar surface area (TPSA) is 54.7 Å². The Kier molecular flexibility index (Phi) is 4.16. The first-order valence-electron chi connectivity index (χ1n) is 9.47. The van der Waals surface area contributed by atoms with Crippen molar-refractivity contribution in [3.05, 3.63) is 53.6 Å². The Labute approximate surface area is 157 Å². The van der Waals surface area contributed by atoms with Crippen LogP contribution in [0.5, 0.6) is 5.75 Å². The summed E-state index contributed by atoms with van der Waals surface area (Å²) in [4.78, 5) is 7.20. The summed E-state index contributed by atoms with van der Waals surface area (Å²) in [6.45, 7) is 4.44. The van der Waals surface area contributed by atoms with Crippen LogP contribution >= 0.6 is 0 Å². The molecule has 4 heterocycles. The lowest BCUT2D eigenvalue weighted by atomic mass is 9.99. The molecular weight excluding hydrogens is 345 g/mol. The van der Waals surface area contributed by atoms with Crippen LogP contribution < -0.4 is 15.0 Å². The smallest absolute Gasteiger partial charge is 0.157 e. The molecule has 1 fully saturated rings. The number of hydrogen-bond acceptors (Lipinski definition) is 5. The number of nitrogens with zero attached hydrogens (tertiary/aromatic N) is 4. The molecule has 2 aliphatic rings. The predicted molar refractivity (Wildman–Crippen MR) is 101 cm³/mol. The van der Waals surface area contributed by atoms with Gasteiger partial charge >= 0.3 is 0 Å². The van der Waals surface area contributed by atoms with Crippen LogP contribution in [0.25, 0.3) is 5.65 Å². The summed E-state index contributed by atoms with van der Waals surface area (Å²) in [6, 6.07) is 8.18. The van der Waals surface area contributed by atoms with Gasteiger partial charge in [0.25, 0.3) is 0 Å². The Morgan fingerprint density at radius 1 is 1.11 bits per heavy atom. The van der Waals surface area contributed by atoms with E-state index < -0.39 is 0 Å². The van der Waals surface area contributed by atoms with Crippen LogP contribution in [0.3, 0.4) is 0 Å². The molecule has 0 amide bonds. The highest BCUT2D eigenvalue weighted by Crippen LogP contribution is 2.31. The Morgan fingerprint density at radius 3 is 2.78 bits per heavy atom. The summed E-state index contributed by atoms with van der Waals surface area (Å²) in [5.41, 5.74) is 3.42. The minimum Gasteiger partial charge on any atom is -0.493 e. The van der Waals surface area contributed by atoms with E-state index in [1.54, 1.807) is 12.1 Å². The van der Waals surface area contributed by atoms with Crippen molar-refractivity contribution in [2.75, 3.05) is 37.7 Å². The fourth-order valence-corrected chi connectivity index (χ4v) is 3.93. The number of aromatic nitrogens is 3. The molecular formula is C20H22FN5O. The third kappa shape index (κ3) is 3.12. The lowest BCUT2D eigenvalue weighted by molar-refractivity contribution is 0.219. The molecule has 3 aromatic rings. The molecule has 1 aromatic carbocycles. The lowest BCUT2D eigenvalue weighted by Gasteiger charge is -2.41. The van der Waals surface area contributed by atoms with Gasteiger partial charge in [0.1, 0.15) is 17.4 Å².